The van der Waals surface area contributed by atoms with Crippen molar-refractivity contribution in [2.45, 2.75) is 13.5 Å². The Morgan fingerprint density at radius 3 is 2.29 bits per heavy atom. The summed E-state index contributed by atoms with van der Waals surface area (Å²) in [4.78, 5) is 41.1. The number of hydrazine groups is 1. The zero-order valence-corrected chi connectivity index (χ0v) is 19.0. The van der Waals surface area contributed by atoms with Gasteiger partial charge in [-0.2, -0.15) is 5.10 Å². The lowest BCUT2D eigenvalue weighted by Crippen LogP contribution is -2.43. The first-order valence-electron chi connectivity index (χ1n) is 10.4. The summed E-state index contributed by atoms with van der Waals surface area (Å²) in [5.74, 6) is -0.0717. The molecule has 0 aliphatic heterocycles. The predicted molar refractivity (Wildman–Crippen MR) is 125 cm³/mol. The summed E-state index contributed by atoms with van der Waals surface area (Å²) in [7, 11) is 4.46. The molecule has 0 aliphatic rings. The first-order valence-corrected chi connectivity index (χ1v) is 10.4. The summed E-state index contributed by atoms with van der Waals surface area (Å²) >= 11 is 0. The van der Waals surface area contributed by atoms with E-state index in [1.807, 2.05) is 0 Å². The molecule has 34 heavy (non-hydrogen) atoms. The maximum absolute atomic E-state index is 12.8. The molecule has 0 bridgehead atoms. The Kier molecular flexibility index (Phi) is 6.09. The van der Waals surface area contributed by atoms with Gasteiger partial charge in [0.2, 0.25) is 5.75 Å². The van der Waals surface area contributed by atoms with Crippen LogP contribution in [0.15, 0.2) is 41.2 Å². The highest BCUT2D eigenvalue weighted by molar-refractivity contribution is 6.06. The molecular weight excluding hydrogens is 442 g/mol. The van der Waals surface area contributed by atoms with Crippen LogP contribution in [0.2, 0.25) is 0 Å². The van der Waals surface area contributed by atoms with E-state index in [0.717, 1.165) is 0 Å². The van der Waals surface area contributed by atoms with Crippen molar-refractivity contribution in [3.63, 3.8) is 0 Å². The second-order valence-electron chi connectivity index (χ2n) is 7.22. The van der Waals surface area contributed by atoms with E-state index in [2.05, 4.69) is 20.9 Å². The lowest BCUT2D eigenvalue weighted by Gasteiger charge is -2.12. The number of aromatic nitrogens is 3. The Morgan fingerprint density at radius 2 is 1.65 bits per heavy atom. The molecule has 0 aliphatic carbocycles. The Bertz CT molecular complexity index is 1470. The van der Waals surface area contributed by atoms with E-state index < -0.39 is 11.8 Å². The van der Waals surface area contributed by atoms with Crippen LogP contribution in [0.25, 0.3) is 21.7 Å². The van der Waals surface area contributed by atoms with Gasteiger partial charge in [0.1, 0.15) is 5.69 Å². The average molecular weight is 465 g/mol. The first-order chi connectivity index (χ1) is 16.4. The van der Waals surface area contributed by atoms with Crippen molar-refractivity contribution in [3.05, 3.63) is 58.1 Å². The number of methoxy groups -OCH3 is 3. The Balaban J connectivity index is 1.62. The average Bonchev–Trinajstić information content (AvgIpc) is 3.30. The topological polar surface area (TPSA) is 137 Å². The second kappa shape index (κ2) is 9.14. The summed E-state index contributed by atoms with van der Waals surface area (Å²) in [5, 5.41) is 5.55. The van der Waals surface area contributed by atoms with Crippen LogP contribution in [-0.2, 0) is 6.54 Å². The van der Waals surface area contributed by atoms with E-state index >= 15 is 0 Å². The molecule has 4 aromatic rings. The van der Waals surface area contributed by atoms with Gasteiger partial charge in [-0.1, -0.05) is 18.2 Å². The van der Waals surface area contributed by atoms with Crippen molar-refractivity contribution in [3.8, 4) is 17.2 Å². The molecule has 0 spiro atoms. The highest BCUT2D eigenvalue weighted by atomic mass is 16.5. The minimum absolute atomic E-state index is 0.0186. The number of rotatable bonds is 6. The Labute approximate surface area is 193 Å². The third-order valence-corrected chi connectivity index (χ3v) is 5.34. The van der Waals surface area contributed by atoms with E-state index in [0.29, 0.717) is 45.5 Å². The third kappa shape index (κ3) is 3.76. The van der Waals surface area contributed by atoms with Crippen LogP contribution in [-0.4, -0.2) is 47.9 Å². The van der Waals surface area contributed by atoms with Gasteiger partial charge in [-0.15, -0.1) is 0 Å². The number of aromatic amines is 1. The molecule has 11 heteroatoms. The summed E-state index contributed by atoms with van der Waals surface area (Å²) < 4.78 is 17.3. The molecule has 11 nitrogen and oxygen atoms in total. The zero-order valence-electron chi connectivity index (χ0n) is 19.0. The molecule has 0 atom stereocenters. The van der Waals surface area contributed by atoms with Gasteiger partial charge in [0.15, 0.2) is 17.2 Å². The summed E-state index contributed by atoms with van der Waals surface area (Å²) in [5.41, 5.74) is 5.15. The normalized spacial score (nSPS) is 10.8. The number of aryl methyl sites for hydroxylation is 1. The van der Waals surface area contributed by atoms with Gasteiger partial charge in [-0.3, -0.25) is 25.2 Å². The monoisotopic (exact) mass is 465 g/mol. The number of hydrogen-bond donors (Lipinski definition) is 3. The van der Waals surface area contributed by atoms with Crippen LogP contribution in [0.3, 0.4) is 0 Å². The fraction of sp³-hybridized carbons (Fsp3) is 0.217. The molecule has 4 rings (SSSR count). The van der Waals surface area contributed by atoms with Gasteiger partial charge in [-0.05, 0) is 25.1 Å². The molecule has 0 radical (unpaired) electrons. The molecule has 0 fully saturated rings. The largest absolute Gasteiger partial charge is 0.493 e. The third-order valence-electron chi connectivity index (χ3n) is 5.34. The number of fused-ring (bicyclic) bond motifs is 2. The van der Waals surface area contributed by atoms with Gasteiger partial charge < -0.3 is 19.2 Å². The number of nitrogens with one attached hydrogen (secondary N) is 3. The molecule has 2 aromatic carbocycles. The van der Waals surface area contributed by atoms with Crippen molar-refractivity contribution in [2.24, 2.45) is 0 Å². The van der Waals surface area contributed by atoms with Gasteiger partial charge in [0, 0.05) is 17.3 Å². The minimum Gasteiger partial charge on any atom is -0.493 e. The van der Waals surface area contributed by atoms with E-state index in [4.69, 9.17) is 14.2 Å². The van der Waals surface area contributed by atoms with Gasteiger partial charge >= 0.3 is 0 Å². The SMILES string of the molecule is CCn1nc(C(=O)NNC(=O)c2cc3cc(OC)c(OC)c(OC)c3[nH]2)c2ccccc2c1=O. The standard InChI is InChI=1S/C23H23N5O6/c1-5-28-23(31)14-9-7-6-8-13(14)18(27-28)22(30)26-25-21(29)15-10-12-11-16(32-2)19(33-3)20(34-4)17(12)24-15/h6-11,24H,5H2,1-4H3,(H,25,29)(H,26,30). The highest BCUT2D eigenvalue weighted by Gasteiger charge is 2.21. The minimum atomic E-state index is -0.663. The van der Waals surface area contributed by atoms with E-state index in [1.54, 1.807) is 43.3 Å². The van der Waals surface area contributed by atoms with Crippen LogP contribution >= 0.6 is 0 Å². The van der Waals surface area contributed by atoms with Crippen molar-refractivity contribution < 1.29 is 23.8 Å². The number of carbonyl (C=O) groups excluding carboxylic acids is 2. The molecule has 0 saturated carbocycles. The van der Waals surface area contributed by atoms with Crippen molar-refractivity contribution in [1.82, 2.24) is 25.6 Å². The van der Waals surface area contributed by atoms with Crippen LogP contribution in [0.4, 0.5) is 0 Å². The summed E-state index contributed by atoms with van der Waals surface area (Å²) in [6.07, 6.45) is 0. The highest BCUT2D eigenvalue weighted by Crippen LogP contribution is 2.43. The fourth-order valence-corrected chi connectivity index (χ4v) is 3.72. The predicted octanol–water partition coefficient (Wildman–Crippen LogP) is 2.00. The van der Waals surface area contributed by atoms with Crippen LogP contribution in [0, 0.1) is 0 Å². The van der Waals surface area contributed by atoms with Gasteiger partial charge in [-0.25, -0.2) is 4.68 Å². The van der Waals surface area contributed by atoms with E-state index in [9.17, 15) is 14.4 Å². The van der Waals surface area contributed by atoms with Crippen molar-refractivity contribution in [1.29, 1.82) is 0 Å². The fourth-order valence-electron chi connectivity index (χ4n) is 3.72. The van der Waals surface area contributed by atoms with Crippen molar-refractivity contribution >= 4 is 33.5 Å². The molecule has 2 aromatic heterocycles. The van der Waals surface area contributed by atoms with E-state index in [-0.39, 0.29) is 16.9 Å². The first kappa shape index (κ1) is 22.6. The quantitative estimate of drug-likeness (QED) is 0.371. The number of amides is 2. The number of benzene rings is 2. The van der Waals surface area contributed by atoms with Gasteiger partial charge in [0.25, 0.3) is 17.4 Å². The number of hydrogen-bond acceptors (Lipinski definition) is 7. The van der Waals surface area contributed by atoms with E-state index in [1.165, 1.54) is 26.0 Å². The number of nitrogens with zero attached hydrogens (tertiary/aromatic N) is 2. The molecule has 2 heterocycles. The second-order valence-corrected chi connectivity index (χ2v) is 7.22. The summed E-state index contributed by atoms with van der Waals surface area (Å²) in [6.45, 7) is 2.04. The Morgan fingerprint density at radius 1 is 0.971 bits per heavy atom. The van der Waals surface area contributed by atoms with Crippen LogP contribution in [0.1, 0.15) is 27.9 Å². The maximum atomic E-state index is 12.8. The van der Waals surface area contributed by atoms with Crippen LogP contribution in [0.5, 0.6) is 17.2 Å². The maximum Gasteiger partial charge on any atom is 0.290 e. The lowest BCUT2D eigenvalue weighted by atomic mass is 10.1. The summed E-state index contributed by atoms with van der Waals surface area (Å²) in [6, 6.07) is 9.96. The van der Waals surface area contributed by atoms with Crippen molar-refractivity contribution in [2.75, 3.05) is 21.3 Å². The zero-order chi connectivity index (χ0) is 24.4. The van der Waals surface area contributed by atoms with Crippen LogP contribution < -0.4 is 30.6 Å². The number of H-pyrrole nitrogens is 1. The Hall–Kier alpha value is -4.54. The molecule has 3 N–H and O–H groups in total. The lowest BCUT2D eigenvalue weighted by molar-refractivity contribution is 0.0841. The number of carbonyl (C=O) groups is 2. The molecule has 0 saturated heterocycles. The molecular formula is C23H23N5O6. The van der Waals surface area contributed by atoms with Gasteiger partial charge in [0.05, 0.1) is 32.2 Å². The molecule has 176 valence electrons. The molecule has 2 amide bonds. The number of ether oxygens (including phenoxy) is 3. The smallest absolute Gasteiger partial charge is 0.290 e. The molecule has 0 unspecified atom stereocenters.